The lowest BCUT2D eigenvalue weighted by Crippen LogP contribution is -2.38. The van der Waals surface area contributed by atoms with Crippen LogP contribution in [0.5, 0.6) is 0 Å². The normalized spacial score (nSPS) is 14.8. The molecule has 0 aromatic rings. The van der Waals surface area contributed by atoms with Crippen molar-refractivity contribution in [1.82, 2.24) is 10.6 Å². The van der Waals surface area contributed by atoms with Crippen LogP contribution in [0.25, 0.3) is 0 Å². The van der Waals surface area contributed by atoms with Crippen molar-refractivity contribution >= 4 is 0 Å². The van der Waals surface area contributed by atoms with Gasteiger partial charge >= 0.3 is 0 Å². The Morgan fingerprint density at radius 2 is 1.92 bits per heavy atom. The first kappa shape index (κ1) is 11.9. The zero-order chi connectivity index (χ0) is 9.61. The highest BCUT2D eigenvalue weighted by Crippen LogP contribution is 2.17. The van der Waals surface area contributed by atoms with Crippen molar-refractivity contribution in [3.63, 3.8) is 0 Å². The first-order chi connectivity index (χ1) is 5.52. The average molecular weight is 172 g/mol. The number of hydrogen-bond acceptors (Lipinski definition) is 2. The molecule has 0 bridgehead atoms. The van der Waals surface area contributed by atoms with Gasteiger partial charge in [-0.05, 0) is 25.8 Å². The second-order valence-corrected chi connectivity index (χ2v) is 4.34. The minimum Gasteiger partial charge on any atom is -0.316 e. The van der Waals surface area contributed by atoms with E-state index in [4.69, 9.17) is 0 Å². The Kier molecular flexibility index (Phi) is 5.51. The fourth-order valence-electron chi connectivity index (χ4n) is 0.854. The van der Waals surface area contributed by atoms with Gasteiger partial charge in [0.2, 0.25) is 0 Å². The Balaban J connectivity index is 3.42. The average Bonchev–Trinajstić information content (AvgIpc) is 2.04. The van der Waals surface area contributed by atoms with Crippen LogP contribution in [0.4, 0.5) is 0 Å². The first-order valence-corrected chi connectivity index (χ1v) is 4.90. The Morgan fingerprint density at radius 3 is 2.33 bits per heavy atom. The number of rotatable bonds is 6. The highest BCUT2D eigenvalue weighted by molar-refractivity contribution is 4.71. The van der Waals surface area contributed by atoms with E-state index in [1.165, 1.54) is 6.42 Å². The lowest BCUT2D eigenvalue weighted by molar-refractivity contribution is 0.322. The molecule has 0 amide bonds. The van der Waals surface area contributed by atoms with Crippen molar-refractivity contribution < 1.29 is 0 Å². The van der Waals surface area contributed by atoms with Gasteiger partial charge in [0.1, 0.15) is 0 Å². The van der Waals surface area contributed by atoms with Crippen LogP contribution in [0.15, 0.2) is 0 Å². The highest BCUT2D eigenvalue weighted by Gasteiger charge is 2.13. The third-order valence-electron chi connectivity index (χ3n) is 2.50. The van der Waals surface area contributed by atoms with Gasteiger partial charge in [0.05, 0.1) is 0 Å². The van der Waals surface area contributed by atoms with Crippen LogP contribution in [0.1, 0.15) is 34.1 Å². The smallest absolute Gasteiger partial charge is 0.0161 e. The van der Waals surface area contributed by atoms with E-state index < -0.39 is 0 Å². The van der Waals surface area contributed by atoms with Crippen LogP contribution in [-0.2, 0) is 0 Å². The fourth-order valence-corrected chi connectivity index (χ4v) is 0.854. The molecule has 0 aromatic carbocycles. The van der Waals surface area contributed by atoms with Gasteiger partial charge in [-0.3, -0.25) is 0 Å². The van der Waals surface area contributed by atoms with Crippen molar-refractivity contribution in [1.29, 1.82) is 0 Å². The third-order valence-corrected chi connectivity index (χ3v) is 2.50. The summed E-state index contributed by atoms with van der Waals surface area (Å²) in [6, 6.07) is 0.567. The summed E-state index contributed by atoms with van der Waals surface area (Å²) in [6.45, 7) is 11.2. The molecule has 74 valence electrons. The summed E-state index contributed by atoms with van der Waals surface area (Å²) < 4.78 is 0. The minimum absolute atomic E-state index is 0.438. The Hall–Kier alpha value is -0.0800. The monoisotopic (exact) mass is 172 g/mol. The maximum absolute atomic E-state index is 3.46. The second-order valence-electron chi connectivity index (χ2n) is 4.34. The molecule has 0 aliphatic rings. The SMILES string of the molecule is CCC(C)(C)CNCC(C)NC. The van der Waals surface area contributed by atoms with Gasteiger partial charge in [0, 0.05) is 19.1 Å². The number of hydrogen-bond donors (Lipinski definition) is 2. The van der Waals surface area contributed by atoms with E-state index in [-0.39, 0.29) is 0 Å². The van der Waals surface area contributed by atoms with Crippen LogP contribution >= 0.6 is 0 Å². The molecule has 0 saturated carbocycles. The zero-order valence-electron chi connectivity index (χ0n) is 9.20. The Labute approximate surface area is 77.1 Å². The predicted octanol–water partition coefficient (Wildman–Crippen LogP) is 1.62. The molecular weight excluding hydrogens is 148 g/mol. The number of likely N-dealkylation sites (N-methyl/N-ethyl adjacent to an activating group) is 1. The van der Waals surface area contributed by atoms with Crippen molar-refractivity contribution in [3.05, 3.63) is 0 Å². The molecule has 2 nitrogen and oxygen atoms in total. The molecule has 1 unspecified atom stereocenters. The van der Waals surface area contributed by atoms with E-state index in [0.29, 0.717) is 11.5 Å². The third kappa shape index (κ3) is 5.56. The van der Waals surface area contributed by atoms with E-state index in [1.807, 2.05) is 7.05 Å². The Morgan fingerprint density at radius 1 is 1.33 bits per heavy atom. The van der Waals surface area contributed by atoms with E-state index in [9.17, 15) is 0 Å². The molecule has 0 radical (unpaired) electrons. The molecule has 0 rings (SSSR count). The Bertz CT molecular complexity index is 110. The van der Waals surface area contributed by atoms with Gasteiger partial charge in [-0.2, -0.15) is 0 Å². The lowest BCUT2D eigenvalue weighted by Gasteiger charge is -2.24. The molecule has 0 heterocycles. The topological polar surface area (TPSA) is 24.1 Å². The molecule has 0 saturated heterocycles. The van der Waals surface area contributed by atoms with Crippen LogP contribution in [-0.4, -0.2) is 26.2 Å². The van der Waals surface area contributed by atoms with Gasteiger partial charge < -0.3 is 10.6 Å². The van der Waals surface area contributed by atoms with Crippen molar-refractivity contribution in [2.24, 2.45) is 5.41 Å². The maximum Gasteiger partial charge on any atom is 0.0161 e. The summed E-state index contributed by atoms with van der Waals surface area (Å²) in [5.74, 6) is 0. The summed E-state index contributed by atoms with van der Waals surface area (Å²) in [5, 5.41) is 6.67. The predicted molar refractivity (Wildman–Crippen MR) is 55.5 cm³/mol. The standard InChI is InChI=1S/C10H24N2/c1-6-10(3,4)8-12-7-9(2)11-5/h9,11-12H,6-8H2,1-5H3. The van der Waals surface area contributed by atoms with Crippen LogP contribution < -0.4 is 10.6 Å². The van der Waals surface area contributed by atoms with E-state index in [2.05, 4.69) is 38.3 Å². The maximum atomic E-state index is 3.46. The van der Waals surface area contributed by atoms with Gasteiger partial charge in [-0.15, -0.1) is 0 Å². The quantitative estimate of drug-likeness (QED) is 0.636. The summed E-state index contributed by atoms with van der Waals surface area (Å²) in [5.41, 5.74) is 0.438. The van der Waals surface area contributed by atoms with E-state index in [0.717, 1.165) is 13.1 Å². The molecule has 0 aromatic heterocycles. The summed E-state index contributed by atoms with van der Waals surface area (Å²) >= 11 is 0. The number of nitrogens with one attached hydrogen (secondary N) is 2. The minimum atomic E-state index is 0.438. The van der Waals surface area contributed by atoms with Crippen LogP contribution in [0.2, 0.25) is 0 Å². The lowest BCUT2D eigenvalue weighted by atomic mass is 9.90. The van der Waals surface area contributed by atoms with Crippen molar-refractivity contribution in [3.8, 4) is 0 Å². The van der Waals surface area contributed by atoms with Gasteiger partial charge in [-0.25, -0.2) is 0 Å². The van der Waals surface area contributed by atoms with Gasteiger partial charge in [0.25, 0.3) is 0 Å². The van der Waals surface area contributed by atoms with E-state index >= 15 is 0 Å². The molecule has 1 atom stereocenters. The van der Waals surface area contributed by atoms with Crippen molar-refractivity contribution in [2.45, 2.75) is 40.2 Å². The molecule has 12 heavy (non-hydrogen) atoms. The fraction of sp³-hybridized carbons (Fsp3) is 1.00. The highest BCUT2D eigenvalue weighted by atomic mass is 15.0. The summed E-state index contributed by atoms with van der Waals surface area (Å²) in [6.07, 6.45) is 1.23. The van der Waals surface area contributed by atoms with Crippen LogP contribution in [0.3, 0.4) is 0 Å². The summed E-state index contributed by atoms with van der Waals surface area (Å²) in [7, 11) is 2.00. The first-order valence-electron chi connectivity index (χ1n) is 4.90. The van der Waals surface area contributed by atoms with Gasteiger partial charge in [0.15, 0.2) is 0 Å². The van der Waals surface area contributed by atoms with Gasteiger partial charge in [-0.1, -0.05) is 20.8 Å². The largest absolute Gasteiger partial charge is 0.316 e. The second kappa shape index (κ2) is 5.55. The summed E-state index contributed by atoms with van der Waals surface area (Å²) in [4.78, 5) is 0. The van der Waals surface area contributed by atoms with Crippen molar-refractivity contribution in [2.75, 3.05) is 20.1 Å². The molecule has 2 heteroatoms. The molecule has 2 N–H and O–H groups in total. The van der Waals surface area contributed by atoms with E-state index in [1.54, 1.807) is 0 Å². The molecule has 0 aliphatic heterocycles. The molecule has 0 fully saturated rings. The zero-order valence-corrected chi connectivity index (χ0v) is 9.20. The molecule has 0 spiro atoms. The van der Waals surface area contributed by atoms with Crippen LogP contribution in [0, 0.1) is 5.41 Å². The molecular formula is C10H24N2. The molecule has 0 aliphatic carbocycles.